The topological polar surface area (TPSA) is 56.1 Å². The smallest absolute Gasteiger partial charge is 0.323 e. The minimum absolute atomic E-state index is 0.0740. The van der Waals surface area contributed by atoms with Gasteiger partial charge in [0.25, 0.3) is 0 Å². The van der Waals surface area contributed by atoms with Crippen molar-refractivity contribution in [1.82, 2.24) is 4.90 Å². The lowest BCUT2D eigenvalue weighted by Gasteiger charge is -2.19. The molecule has 0 aliphatic rings. The number of halogens is 3. The van der Waals surface area contributed by atoms with Crippen molar-refractivity contribution in [3.05, 3.63) is 59.7 Å². The first-order valence-electron chi connectivity index (χ1n) is 7.14. The van der Waals surface area contributed by atoms with Crippen LogP contribution in [0.15, 0.2) is 53.4 Å². The van der Waals surface area contributed by atoms with Gasteiger partial charge in [0.05, 0.1) is 17.3 Å². The zero-order chi connectivity index (χ0) is 18.4. The van der Waals surface area contributed by atoms with E-state index >= 15 is 0 Å². The van der Waals surface area contributed by atoms with E-state index in [0.717, 1.165) is 5.56 Å². The molecule has 0 unspecified atom stereocenters. The molecule has 0 fully saturated rings. The fourth-order valence-corrected chi connectivity index (χ4v) is 2.65. The van der Waals surface area contributed by atoms with Crippen LogP contribution in [0.4, 0.5) is 23.7 Å². The molecule has 0 saturated carbocycles. The number of nitriles is 1. The van der Waals surface area contributed by atoms with Crippen molar-refractivity contribution in [1.29, 1.82) is 5.26 Å². The van der Waals surface area contributed by atoms with E-state index in [1.807, 2.05) is 6.07 Å². The van der Waals surface area contributed by atoms with Gasteiger partial charge in [0.1, 0.15) is 0 Å². The summed E-state index contributed by atoms with van der Waals surface area (Å²) < 4.78 is 37.8. The van der Waals surface area contributed by atoms with E-state index < -0.39 is 11.5 Å². The fourth-order valence-electron chi connectivity index (χ4n) is 2.02. The number of nitrogens with zero attached hydrogens (tertiary/aromatic N) is 2. The van der Waals surface area contributed by atoms with E-state index in [4.69, 9.17) is 5.26 Å². The maximum absolute atomic E-state index is 12.6. The number of thioether (sulfide) groups is 1. The van der Waals surface area contributed by atoms with E-state index in [2.05, 4.69) is 5.32 Å². The molecule has 0 aromatic heterocycles. The Kier molecular flexibility index (Phi) is 5.93. The SMILES string of the molecule is CN(Cc1ccc(C#N)cc1)C(=O)Nc1ccccc1SC(F)(F)F. The number of carbonyl (C=O) groups excluding carboxylic acids is 1. The average molecular weight is 365 g/mol. The molecule has 0 saturated heterocycles. The summed E-state index contributed by atoms with van der Waals surface area (Å²) in [6, 6.07) is 13.9. The van der Waals surface area contributed by atoms with Gasteiger partial charge in [0, 0.05) is 18.5 Å². The molecule has 0 heterocycles. The van der Waals surface area contributed by atoms with E-state index in [0.29, 0.717) is 5.56 Å². The van der Waals surface area contributed by atoms with Gasteiger partial charge in [0.15, 0.2) is 0 Å². The molecule has 0 radical (unpaired) electrons. The predicted molar refractivity (Wildman–Crippen MR) is 90.0 cm³/mol. The van der Waals surface area contributed by atoms with Crippen LogP contribution in [0.5, 0.6) is 0 Å². The van der Waals surface area contributed by atoms with E-state index in [-0.39, 0.29) is 28.9 Å². The van der Waals surface area contributed by atoms with Crippen molar-refractivity contribution in [2.45, 2.75) is 16.9 Å². The van der Waals surface area contributed by atoms with Crippen LogP contribution in [-0.4, -0.2) is 23.5 Å². The summed E-state index contributed by atoms with van der Waals surface area (Å²) in [5.74, 6) is 0. The number of hydrogen-bond acceptors (Lipinski definition) is 3. The Bertz CT molecular complexity index is 785. The van der Waals surface area contributed by atoms with E-state index in [9.17, 15) is 18.0 Å². The second-order valence-electron chi connectivity index (χ2n) is 5.14. The molecule has 2 aromatic carbocycles. The zero-order valence-corrected chi connectivity index (χ0v) is 14.0. The summed E-state index contributed by atoms with van der Waals surface area (Å²) in [6.07, 6.45) is 0. The quantitative estimate of drug-likeness (QED) is 0.789. The number of para-hydroxylation sites is 1. The lowest BCUT2D eigenvalue weighted by atomic mass is 10.1. The van der Waals surface area contributed by atoms with Gasteiger partial charge < -0.3 is 10.2 Å². The van der Waals surface area contributed by atoms with Crippen molar-refractivity contribution in [3.63, 3.8) is 0 Å². The van der Waals surface area contributed by atoms with Crippen LogP contribution < -0.4 is 5.32 Å². The number of anilines is 1. The summed E-state index contributed by atoms with van der Waals surface area (Å²) in [6.45, 7) is 0.256. The number of urea groups is 1. The third kappa shape index (κ3) is 5.72. The van der Waals surface area contributed by atoms with Crippen LogP contribution in [0.3, 0.4) is 0 Å². The zero-order valence-electron chi connectivity index (χ0n) is 13.2. The fraction of sp³-hybridized carbons (Fsp3) is 0.176. The highest BCUT2D eigenvalue weighted by molar-refractivity contribution is 8.00. The summed E-state index contributed by atoms with van der Waals surface area (Å²) in [5, 5.41) is 11.3. The molecule has 2 amide bonds. The van der Waals surface area contributed by atoms with Gasteiger partial charge in [-0.25, -0.2) is 4.79 Å². The molecular weight excluding hydrogens is 351 g/mol. The Morgan fingerprint density at radius 2 is 1.84 bits per heavy atom. The van der Waals surface area contributed by atoms with Gasteiger partial charge in [-0.15, -0.1) is 0 Å². The van der Waals surface area contributed by atoms with Crippen molar-refractivity contribution >= 4 is 23.5 Å². The molecule has 2 rings (SSSR count). The Morgan fingerprint density at radius 1 is 1.20 bits per heavy atom. The first kappa shape index (κ1) is 18.7. The lowest BCUT2D eigenvalue weighted by Crippen LogP contribution is -2.31. The van der Waals surface area contributed by atoms with Crippen LogP contribution in [0.2, 0.25) is 0 Å². The minimum Gasteiger partial charge on any atom is -0.323 e. The van der Waals surface area contributed by atoms with Crippen molar-refractivity contribution in [2.24, 2.45) is 0 Å². The maximum atomic E-state index is 12.6. The number of rotatable bonds is 4. The monoisotopic (exact) mass is 365 g/mol. The first-order valence-corrected chi connectivity index (χ1v) is 7.96. The molecule has 2 aromatic rings. The maximum Gasteiger partial charge on any atom is 0.446 e. The Balaban J connectivity index is 2.05. The summed E-state index contributed by atoms with van der Waals surface area (Å²) >= 11 is -0.275. The normalized spacial score (nSPS) is 10.8. The van der Waals surface area contributed by atoms with E-state index in [1.165, 1.54) is 30.1 Å². The van der Waals surface area contributed by atoms with Gasteiger partial charge in [-0.05, 0) is 41.6 Å². The largest absolute Gasteiger partial charge is 0.446 e. The highest BCUT2D eigenvalue weighted by Gasteiger charge is 2.30. The molecular formula is C17H14F3N3OS. The van der Waals surface area contributed by atoms with Crippen molar-refractivity contribution in [2.75, 3.05) is 12.4 Å². The third-order valence-corrected chi connectivity index (χ3v) is 4.01. The number of benzene rings is 2. The standard InChI is InChI=1S/C17H14F3N3OS/c1-23(11-13-8-6-12(10-21)7-9-13)16(24)22-14-4-2-3-5-15(14)25-17(18,19)20/h2-9H,11H2,1H3,(H,22,24). The minimum atomic E-state index is -4.44. The molecule has 0 atom stereocenters. The van der Waals surface area contributed by atoms with Gasteiger partial charge >= 0.3 is 11.5 Å². The Morgan fingerprint density at radius 3 is 2.44 bits per heavy atom. The number of carbonyl (C=O) groups is 1. The second-order valence-corrected chi connectivity index (χ2v) is 6.25. The highest BCUT2D eigenvalue weighted by atomic mass is 32.2. The molecule has 4 nitrogen and oxygen atoms in total. The second kappa shape index (κ2) is 7.94. The first-order chi connectivity index (χ1) is 11.8. The van der Waals surface area contributed by atoms with Crippen LogP contribution in [0.1, 0.15) is 11.1 Å². The molecule has 0 spiro atoms. The van der Waals surface area contributed by atoms with Crippen LogP contribution >= 0.6 is 11.8 Å². The van der Waals surface area contributed by atoms with Gasteiger partial charge in [-0.1, -0.05) is 24.3 Å². The van der Waals surface area contributed by atoms with Crippen LogP contribution in [-0.2, 0) is 6.54 Å². The Labute approximate surface area is 147 Å². The highest BCUT2D eigenvalue weighted by Crippen LogP contribution is 2.40. The summed E-state index contributed by atoms with van der Waals surface area (Å²) in [5.41, 5.74) is -3.03. The third-order valence-electron chi connectivity index (χ3n) is 3.20. The molecule has 8 heteroatoms. The summed E-state index contributed by atoms with van der Waals surface area (Å²) in [7, 11) is 1.53. The van der Waals surface area contributed by atoms with Crippen LogP contribution in [0, 0.1) is 11.3 Å². The Hall–Kier alpha value is -2.66. The molecule has 1 N–H and O–H groups in total. The van der Waals surface area contributed by atoms with E-state index in [1.54, 1.807) is 30.3 Å². The van der Waals surface area contributed by atoms with Gasteiger partial charge in [-0.2, -0.15) is 18.4 Å². The van der Waals surface area contributed by atoms with Crippen molar-refractivity contribution in [3.8, 4) is 6.07 Å². The number of hydrogen-bond donors (Lipinski definition) is 1. The molecule has 0 aliphatic carbocycles. The molecule has 0 bridgehead atoms. The van der Waals surface area contributed by atoms with Crippen molar-refractivity contribution < 1.29 is 18.0 Å². The summed E-state index contributed by atoms with van der Waals surface area (Å²) in [4.78, 5) is 13.5. The van der Waals surface area contributed by atoms with Gasteiger partial charge in [-0.3, -0.25) is 0 Å². The molecule has 0 aliphatic heterocycles. The number of amides is 2. The average Bonchev–Trinajstić information content (AvgIpc) is 2.56. The lowest BCUT2D eigenvalue weighted by molar-refractivity contribution is -0.0328. The molecule has 25 heavy (non-hydrogen) atoms. The predicted octanol–water partition coefficient (Wildman–Crippen LogP) is 4.83. The number of nitrogens with one attached hydrogen (secondary N) is 1. The van der Waals surface area contributed by atoms with Gasteiger partial charge in [0.2, 0.25) is 0 Å². The molecule has 130 valence electrons. The van der Waals surface area contributed by atoms with Crippen LogP contribution in [0.25, 0.3) is 0 Å². The number of alkyl halides is 3.